The highest BCUT2D eigenvalue weighted by Crippen LogP contribution is 2.48. The fourth-order valence-electron chi connectivity index (χ4n) is 4.48. The van der Waals surface area contributed by atoms with Crippen LogP contribution in [0.25, 0.3) is 0 Å². The zero-order chi connectivity index (χ0) is 18.6. The molecule has 1 amide bonds. The number of carboxylic acid groups (broad SMARTS) is 1. The van der Waals surface area contributed by atoms with Gasteiger partial charge in [0.2, 0.25) is 5.91 Å². The van der Waals surface area contributed by atoms with Crippen molar-refractivity contribution in [3.05, 3.63) is 30.3 Å². The SMILES string of the molecule is CN(CCCNC(=O)CN1C[C@@H]2CCC[C@@]2(C(=O)O)C1)c1ccccc1. The molecule has 3 rings (SSSR count). The molecule has 1 aliphatic carbocycles. The zero-order valence-corrected chi connectivity index (χ0v) is 15.5. The van der Waals surface area contributed by atoms with E-state index in [1.807, 2.05) is 30.1 Å². The molecule has 2 fully saturated rings. The first-order chi connectivity index (χ1) is 12.5. The molecule has 0 unspecified atom stereocenters. The number of hydrogen-bond acceptors (Lipinski definition) is 4. The highest BCUT2D eigenvalue weighted by molar-refractivity contribution is 5.79. The first-order valence-electron chi connectivity index (χ1n) is 9.50. The molecule has 1 aromatic rings. The van der Waals surface area contributed by atoms with Crippen LogP contribution < -0.4 is 10.2 Å². The second-order valence-electron chi connectivity index (χ2n) is 7.68. The number of hydrogen-bond donors (Lipinski definition) is 2. The number of likely N-dealkylation sites (tertiary alicyclic amines) is 1. The lowest BCUT2D eigenvalue weighted by molar-refractivity contribution is -0.149. The fourth-order valence-corrected chi connectivity index (χ4v) is 4.48. The van der Waals surface area contributed by atoms with Crippen LogP contribution in [0.15, 0.2) is 30.3 Å². The predicted molar refractivity (Wildman–Crippen MR) is 101 cm³/mol. The van der Waals surface area contributed by atoms with Crippen LogP contribution in [0.5, 0.6) is 0 Å². The molecule has 6 nitrogen and oxygen atoms in total. The van der Waals surface area contributed by atoms with Gasteiger partial charge in [-0.15, -0.1) is 0 Å². The molecule has 0 bridgehead atoms. The van der Waals surface area contributed by atoms with Gasteiger partial charge in [-0.2, -0.15) is 0 Å². The standard InChI is InChI=1S/C20H29N3O3/c1-22(17-8-3-2-4-9-17)12-6-11-21-18(24)14-23-13-16-7-5-10-20(16,15-23)19(25)26/h2-4,8-9,16H,5-7,10-15H2,1H3,(H,21,24)(H,25,26)/t16-,20+/m0/s1. The van der Waals surface area contributed by atoms with Gasteiger partial charge < -0.3 is 15.3 Å². The van der Waals surface area contributed by atoms with E-state index in [1.165, 1.54) is 5.69 Å². The summed E-state index contributed by atoms with van der Waals surface area (Å²) in [7, 11) is 2.05. The van der Waals surface area contributed by atoms with Gasteiger partial charge in [-0.25, -0.2) is 0 Å². The van der Waals surface area contributed by atoms with E-state index in [9.17, 15) is 14.7 Å². The molecule has 6 heteroatoms. The first-order valence-corrected chi connectivity index (χ1v) is 9.50. The lowest BCUT2D eigenvalue weighted by atomic mass is 9.81. The molecule has 2 atom stereocenters. The summed E-state index contributed by atoms with van der Waals surface area (Å²) in [5.41, 5.74) is 0.556. The predicted octanol–water partition coefficient (Wildman–Crippen LogP) is 1.82. The lowest BCUT2D eigenvalue weighted by Gasteiger charge is -2.23. The maximum atomic E-state index is 12.2. The summed E-state index contributed by atoms with van der Waals surface area (Å²) in [4.78, 5) is 28.1. The van der Waals surface area contributed by atoms with Crippen LogP contribution in [0.3, 0.4) is 0 Å². The van der Waals surface area contributed by atoms with Crippen molar-refractivity contribution in [2.75, 3.05) is 44.7 Å². The molecule has 2 N–H and O–H groups in total. The minimum atomic E-state index is -0.688. The molecule has 0 aromatic heterocycles. The van der Waals surface area contributed by atoms with Gasteiger partial charge in [0.25, 0.3) is 0 Å². The molecule has 0 radical (unpaired) electrons. The molecular formula is C20H29N3O3. The third kappa shape index (κ3) is 4.01. The number of rotatable bonds is 8. The van der Waals surface area contributed by atoms with Crippen LogP contribution in [-0.2, 0) is 9.59 Å². The van der Waals surface area contributed by atoms with Gasteiger partial charge in [0.15, 0.2) is 0 Å². The zero-order valence-electron chi connectivity index (χ0n) is 15.5. The Morgan fingerprint density at radius 2 is 2.12 bits per heavy atom. The summed E-state index contributed by atoms with van der Waals surface area (Å²) in [6.07, 6.45) is 3.58. The van der Waals surface area contributed by atoms with Gasteiger partial charge in [0.1, 0.15) is 0 Å². The maximum absolute atomic E-state index is 12.2. The van der Waals surface area contributed by atoms with Crippen molar-refractivity contribution in [3.8, 4) is 0 Å². The Balaban J connectivity index is 1.37. The van der Waals surface area contributed by atoms with Crippen LogP contribution in [-0.4, -0.2) is 61.7 Å². The highest BCUT2D eigenvalue weighted by atomic mass is 16.4. The van der Waals surface area contributed by atoms with Crippen molar-refractivity contribution in [1.82, 2.24) is 10.2 Å². The summed E-state index contributed by atoms with van der Waals surface area (Å²) < 4.78 is 0. The van der Waals surface area contributed by atoms with E-state index in [0.717, 1.165) is 38.8 Å². The van der Waals surface area contributed by atoms with Crippen LogP contribution in [0.2, 0.25) is 0 Å². The first kappa shape index (κ1) is 18.7. The third-order valence-corrected chi connectivity index (χ3v) is 5.92. The van der Waals surface area contributed by atoms with Gasteiger partial charge in [0, 0.05) is 38.9 Å². The summed E-state index contributed by atoms with van der Waals surface area (Å²) in [6.45, 7) is 3.06. The average molecular weight is 359 g/mol. The van der Waals surface area contributed by atoms with E-state index in [-0.39, 0.29) is 11.8 Å². The molecule has 1 aromatic carbocycles. The van der Waals surface area contributed by atoms with E-state index in [2.05, 4.69) is 22.3 Å². The second-order valence-corrected chi connectivity index (χ2v) is 7.68. The molecule has 1 aliphatic heterocycles. The Hall–Kier alpha value is -2.08. The molecule has 0 spiro atoms. The Labute approximate surface area is 155 Å². The topological polar surface area (TPSA) is 72.9 Å². The molecule has 26 heavy (non-hydrogen) atoms. The van der Waals surface area contributed by atoms with E-state index in [0.29, 0.717) is 19.6 Å². The summed E-state index contributed by atoms with van der Waals surface area (Å²) in [5, 5.41) is 12.6. The largest absolute Gasteiger partial charge is 0.481 e. The number of aliphatic carboxylic acids is 1. The molecular weight excluding hydrogens is 330 g/mol. The monoisotopic (exact) mass is 359 g/mol. The number of fused-ring (bicyclic) bond motifs is 1. The van der Waals surface area contributed by atoms with Crippen LogP contribution in [0.1, 0.15) is 25.7 Å². The van der Waals surface area contributed by atoms with Crippen molar-refractivity contribution < 1.29 is 14.7 Å². The number of benzene rings is 1. The van der Waals surface area contributed by atoms with Gasteiger partial charge in [0.05, 0.1) is 12.0 Å². The normalized spacial score (nSPS) is 25.0. The van der Waals surface area contributed by atoms with Crippen molar-refractivity contribution in [2.45, 2.75) is 25.7 Å². The number of carbonyl (C=O) groups excluding carboxylic acids is 1. The quantitative estimate of drug-likeness (QED) is 0.693. The molecule has 142 valence electrons. The minimum absolute atomic E-state index is 0.00660. The summed E-state index contributed by atoms with van der Waals surface area (Å²) >= 11 is 0. The molecule has 1 heterocycles. The van der Waals surface area contributed by atoms with E-state index in [1.54, 1.807) is 0 Å². The van der Waals surface area contributed by atoms with Crippen LogP contribution in [0, 0.1) is 11.3 Å². The smallest absolute Gasteiger partial charge is 0.311 e. The molecule has 2 aliphatic rings. The van der Waals surface area contributed by atoms with Crippen molar-refractivity contribution in [2.24, 2.45) is 11.3 Å². The number of nitrogens with zero attached hydrogens (tertiary/aromatic N) is 2. The van der Waals surface area contributed by atoms with Crippen LogP contribution in [0.4, 0.5) is 5.69 Å². The highest BCUT2D eigenvalue weighted by Gasteiger charge is 2.54. The summed E-state index contributed by atoms with van der Waals surface area (Å²) in [6, 6.07) is 10.2. The van der Waals surface area contributed by atoms with Crippen LogP contribution >= 0.6 is 0 Å². The Bertz CT molecular complexity index is 636. The Kier molecular flexibility index (Phi) is 5.81. The van der Waals surface area contributed by atoms with Gasteiger partial charge in [-0.3, -0.25) is 14.5 Å². The number of amides is 1. The number of carboxylic acids is 1. The Morgan fingerprint density at radius 1 is 1.35 bits per heavy atom. The van der Waals surface area contributed by atoms with Crippen molar-refractivity contribution in [3.63, 3.8) is 0 Å². The average Bonchev–Trinajstić information content (AvgIpc) is 3.17. The minimum Gasteiger partial charge on any atom is -0.481 e. The number of anilines is 1. The second kappa shape index (κ2) is 8.08. The maximum Gasteiger partial charge on any atom is 0.311 e. The van der Waals surface area contributed by atoms with Crippen molar-refractivity contribution >= 4 is 17.6 Å². The number of para-hydroxylation sites is 1. The van der Waals surface area contributed by atoms with Gasteiger partial charge >= 0.3 is 5.97 Å². The number of carbonyl (C=O) groups is 2. The van der Waals surface area contributed by atoms with E-state index in [4.69, 9.17) is 0 Å². The fraction of sp³-hybridized carbons (Fsp3) is 0.600. The molecule has 1 saturated carbocycles. The van der Waals surface area contributed by atoms with E-state index >= 15 is 0 Å². The number of nitrogens with one attached hydrogen (secondary N) is 1. The van der Waals surface area contributed by atoms with E-state index < -0.39 is 11.4 Å². The molecule has 1 saturated heterocycles. The Morgan fingerprint density at radius 3 is 2.81 bits per heavy atom. The summed E-state index contributed by atoms with van der Waals surface area (Å²) in [5.74, 6) is -0.493. The van der Waals surface area contributed by atoms with Gasteiger partial charge in [-0.05, 0) is 37.3 Å². The van der Waals surface area contributed by atoms with Crippen molar-refractivity contribution in [1.29, 1.82) is 0 Å². The lowest BCUT2D eigenvalue weighted by Crippen LogP contribution is -2.40. The third-order valence-electron chi connectivity index (χ3n) is 5.92. The van der Waals surface area contributed by atoms with Gasteiger partial charge in [-0.1, -0.05) is 24.6 Å².